The van der Waals surface area contributed by atoms with Gasteiger partial charge < -0.3 is 10.4 Å². The number of rotatable bonds is 4. The molecule has 108 valence electrons. The molecule has 0 bridgehead atoms. The van der Waals surface area contributed by atoms with E-state index in [0.29, 0.717) is 15.7 Å². The second-order valence-corrected chi connectivity index (χ2v) is 5.45. The first-order valence-electron chi connectivity index (χ1n) is 6.43. The topological polar surface area (TPSA) is 66.4 Å². The molecule has 2 aromatic carbocycles. The van der Waals surface area contributed by atoms with Gasteiger partial charge in [-0.2, -0.15) is 0 Å². The van der Waals surface area contributed by atoms with Crippen LogP contribution >= 0.6 is 15.9 Å². The Kier molecular flexibility index (Phi) is 4.75. The van der Waals surface area contributed by atoms with E-state index < -0.39 is 5.97 Å². The van der Waals surface area contributed by atoms with Gasteiger partial charge in [-0.15, -0.1) is 0 Å². The van der Waals surface area contributed by atoms with Gasteiger partial charge >= 0.3 is 5.97 Å². The van der Waals surface area contributed by atoms with Gasteiger partial charge in [-0.25, -0.2) is 4.79 Å². The van der Waals surface area contributed by atoms with E-state index in [1.165, 1.54) is 12.1 Å². The van der Waals surface area contributed by atoms with Gasteiger partial charge in [-0.3, -0.25) is 4.79 Å². The van der Waals surface area contributed by atoms with Gasteiger partial charge in [-0.1, -0.05) is 35.0 Å². The van der Waals surface area contributed by atoms with Crippen LogP contribution in [0.25, 0.3) is 0 Å². The van der Waals surface area contributed by atoms with Crippen LogP contribution in [0.4, 0.5) is 5.69 Å². The molecule has 1 amide bonds. The minimum absolute atomic E-state index is 0.112. The fourth-order valence-corrected chi connectivity index (χ4v) is 2.37. The molecule has 0 saturated carbocycles. The summed E-state index contributed by atoms with van der Waals surface area (Å²) in [7, 11) is 0. The second-order valence-electron chi connectivity index (χ2n) is 4.54. The number of aryl methyl sites for hydroxylation is 1. The molecule has 0 radical (unpaired) electrons. The highest BCUT2D eigenvalue weighted by atomic mass is 79.9. The van der Waals surface area contributed by atoms with Gasteiger partial charge in [0.2, 0.25) is 0 Å². The molecule has 0 fully saturated rings. The first-order valence-corrected chi connectivity index (χ1v) is 7.23. The van der Waals surface area contributed by atoms with Gasteiger partial charge in [-0.05, 0) is 42.3 Å². The van der Waals surface area contributed by atoms with Crippen LogP contribution in [-0.2, 0) is 6.42 Å². The number of benzene rings is 2. The van der Waals surface area contributed by atoms with Crippen LogP contribution in [0.5, 0.6) is 0 Å². The maximum Gasteiger partial charge on any atom is 0.335 e. The van der Waals surface area contributed by atoms with E-state index in [1.54, 1.807) is 18.2 Å². The Morgan fingerprint density at radius 3 is 2.33 bits per heavy atom. The summed E-state index contributed by atoms with van der Waals surface area (Å²) in [6, 6.07) is 11.9. The van der Waals surface area contributed by atoms with Gasteiger partial charge in [0.1, 0.15) is 0 Å². The van der Waals surface area contributed by atoms with Crippen molar-refractivity contribution in [1.82, 2.24) is 0 Å². The number of hydrogen-bond acceptors (Lipinski definition) is 2. The fraction of sp³-hybridized carbons (Fsp3) is 0.125. The largest absolute Gasteiger partial charge is 0.478 e. The van der Waals surface area contributed by atoms with Crippen molar-refractivity contribution in [3.8, 4) is 0 Å². The van der Waals surface area contributed by atoms with Crippen molar-refractivity contribution in [3.63, 3.8) is 0 Å². The lowest BCUT2D eigenvalue weighted by atomic mass is 10.1. The Morgan fingerprint density at radius 1 is 1.10 bits per heavy atom. The number of nitrogens with one attached hydrogen (secondary N) is 1. The maximum absolute atomic E-state index is 12.1. The number of amides is 1. The number of anilines is 1. The van der Waals surface area contributed by atoms with E-state index in [9.17, 15) is 9.59 Å². The molecule has 21 heavy (non-hydrogen) atoms. The summed E-state index contributed by atoms with van der Waals surface area (Å²) in [5.74, 6) is -1.31. The third-order valence-corrected chi connectivity index (χ3v) is 3.48. The Balaban J connectivity index is 2.20. The van der Waals surface area contributed by atoms with E-state index in [0.717, 1.165) is 12.0 Å². The summed E-state index contributed by atoms with van der Waals surface area (Å²) >= 11 is 3.23. The van der Waals surface area contributed by atoms with Crippen molar-refractivity contribution in [1.29, 1.82) is 0 Å². The number of halogens is 1. The maximum atomic E-state index is 12.1. The predicted octanol–water partition coefficient (Wildman–Crippen LogP) is 3.96. The molecular formula is C16H14BrNO3. The van der Waals surface area contributed by atoms with Crippen LogP contribution in [-0.4, -0.2) is 17.0 Å². The monoisotopic (exact) mass is 347 g/mol. The number of carbonyl (C=O) groups excluding carboxylic acids is 1. The van der Waals surface area contributed by atoms with Crippen molar-refractivity contribution < 1.29 is 14.7 Å². The highest BCUT2D eigenvalue weighted by Gasteiger charge is 2.10. The van der Waals surface area contributed by atoms with Crippen LogP contribution < -0.4 is 5.32 Å². The SMILES string of the molecule is CCc1ccc(C(=O)Nc2cc(Br)cc(C(=O)O)c2)cc1. The third-order valence-electron chi connectivity index (χ3n) is 3.03. The molecule has 0 aliphatic rings. The van der Waals surface area contributed by atoms with E-state index in [-0.39, 0.29) is 11.5 Å². The van der Waals surface area contributed by atoms with Gasteiger partial charge in [0.25, 0.3) is 5.91 Å². The zero-order valence-corrected chi connectivity index (χ0v) is 13.0. The number of carboxylic acids is 1. The molecule has 0 unspecified atom stereocenters. The molecule has 4 nitrogen and oxygen atoms in total. The molecule has 0 saturated heterocycles. The standard InChI is InChI=1S/C16H14BrNO3/c1-2-10-3-5-11(6-4-10)15(19)18-14-8-12(16(20)21)7-13(17)9-14/h3-9H,2H2,1H3,(H,18,19)(H,20,21). The molecular weight excluding hydrogens is 334 g/mol. The Bertz CT molecular complexity index is 680. The number of carboxylic acid groups (broad SMARTS) is 1. The van der Waals surface area contributed by atoms with E-state index >= 15 is 0 Å². The molecule has 0 heterocycles. The molecule has 0 atom stereocenters. The first kappa shape index (κ1) is 15.3. The van der Waals surface area contributed by atoms with E-state index in [1.807, 2.05) is 19.1 Å². The number of carbonyl (C=O) groups is 2. The summed E-state index contributed by atoms with van der Waals surface area (Å²) in [4.78, 5) is 23.1. The van der Waals surface area contributed by atoms with Gasteiger partial charge in [0, 0.05) is 15.7 Å². The summed E-state index contributed by atoms with van der Waals surface area (Å²) in [6.07, 6.45) is 0.912. The molecule has 0 aromatic heterocycles. The zero-order chi connectivity index (χ0) is 15.4. The molecule has 0 aliphatic carbocycles. The number of aromatic carboxylic acids is 1. The molecule has 2 N–H and O–H groups in total. The zero-order valence-electron chi connectivity index (χ0n) is 11.4. The minimum Gasteiger partial charge on any atom is -0.478 e. The smallest absolute Gasteiger partial charge is 0.335 e. The summed E-state index contributed by atoms with van der Waals surface area (Å²) in [5.41, 5.74) is 2.23. The normalized spacial score (nSPS) is 10.2. The van der Waals surface area contributed by atoms with Crippen molar-refractivity contribution >= 4 is 33.5 Å². The lowest BCUT2D eigenvalue weighted by molar-refractivity contribution is 0.0696. The van der Waals surface area contributed by atoms with Gasteiger partial charge in [0.15, 0.2) is 0 Å². The van der Waals surface area contributed by atoms with Crippen LogP contribution in [0.15, 0.2) is 46.9 Å². The minimum atomic E-state index is -1.04. The summed E-state index contributed by atoms with van der Waals surface area (Å²) < 4.78 is 0.596. The quantitative estimate of drug-likeness (QED) is 0.879. The average Bonchev–Trinajstić information content (AvgIpc) is 2.46. The van der Waals surface area contributed by atoms with Crippen molar-refractivity contribution in [3.05, 3.63) is 63.6 Å². The molecule has 0 aliphatic heterocycles. The molecule has 2 aromatic rings. The Morgan fingerprint density at radius 2 is 1.76 bits per heavy atom. The Labute approximate surface area is 130 Å². The third kappa shape index (κ3) is 3.92. The van der Waals surface area contributed by atoms with Crippen LogP contribution in [0, 0.1) is 0 Å². The Hall–Kier alpha value is -2.14. The van der Waals surface area contributed by atoms with Crippen molar-refractivity contribution in [2.24, 2.45) is 0 Å². The van der Waals surface area contributed by atoms with E-state index in [4.69, 9.17) is 5.11 Å². The highest BCUT2D eigenvalue weighted by molar-refractivity contribution is 9.10. The van der Waals surface area contributed by atoms with Gasteiger partial charge in [0.05, 0.1) is 5.56 Å². The lowest BCUT2D eigenvalue weighted by Gasteiger charge is -2.07. The predicted molar refractivity (Wildman–Crippen MR) is 84.9 cm³/mol. The van der Waals surface area contributed by atoms with Crippen LogP contribution in [0.3, 0.4) is 0 Å². The van der Waals surface area contributed by atoms with Crippen LogP contribution in [0.2, 0.25) is 0 Å². The highest BCUT2D eigenvalue weighted by Crippen LogP contribution is 2.20. The summed E-state index contributed by atoms with van der Waals surface area (Å²) in [6.45, 7) is 2.05. The first-order chi connectivity index (χ1) is 9.99. The summed E-state index contributed by atoms with van der Waals surface area (Å²) in [5, 5.41) is 11.7. The van der Waals surface area contributed by atoms with Crippen molar-refractivity contribution in [2.75, 3.05) is 5.32 Å². The fourth-order valence-electron chi connectivity index (χ4n) is 1.88. The van der Waals surface area contributed by atoms with E-state index in [2.05, 4.69) is 21.2 Å². The van der Waals surface area contributed by atoms with Crippen LogP contribution in [0.1, 0.15) is 33.2 Å². The second kappa shape index (κ2) is 6.54. The van der Waals surface area contributed by atoms with Crippen molar-refractivity contribution in [2.45, 2.75) is 13.3 Å². The molecule has 5 heteroatoms. The lowest BCUT2D eigenvalue weighted by Crippen LogP contribution is -2.12. The number of hydrogen-bond donors (Lipinski definition) is 2. The molecule has 0 spiro atoms. The molecule has 2 rings (SSSR count). The average molecular weight is 348 g/mol.